The lowest BCUT2D eigenvalue weighted by Gasteiger charge is -2.22. The molecule has 3 aromatic rings. The summed E-state index contributed by atoms with van der Waals surface area (Å²) in [6.07, 6.45) is 5.10. The second-order valence-electron chi connectivity index (χ2n) is 6.82. The summed E-state index contributed by atoms with van der Waals surface area (Å²) in [6, 6.07) is 12.8. The fourth-order valence-corrected chi connectivity index (χ4v) is 3.16. The number of carbonyl (C=O) groups excluding carboxylic acids is 2. The molecule has 0 aliphatic heterocycles. The van der Waals surface area contributed by atoms with E-state index in [-0.39, 0.29) is 12.3 Å². The summed E-state index contributed by atoms with van der Waals surface area (Å²) < 4.78 is 6.67. The third-order valence-corrected chi connectivity index (χ3v) is 4.74. The van der Waals surface area contributed by atoms with Crippen molar-refractivity contribution in [2.24, 2.45) is 0 Å². The summed E-state index contributed by atoms with van der Waals surface area (Å²) in [6.45, 7) is 4.53. The van der Waals surface area contributed by atoms with Crippen molar-refractivity contribution in [2.75, 3.05) is 13.2 Å². The van der Waals surface area contributed by atoms with E-state index in [1.807, 2.05) is 12.1 Å². The van der Waals surface area contributed by atoms with E-state index in [0.717, 1.165) is 11.3 Å². The highest BCUT2D eigenvalue weighted by atomic mass is 16.5. The van der Waals surface area contributed by atoms with Gasteiger partial charge in [0.25, 0.3) is 5.91 Å². The van der Waals surface area contributed by atoms with Gasteiger partial charge in [-0.3, -0.25) is 9.78 Å². The first kappa shape index (κ1) is 21.7. The molecular formula is C23H23N5O3. The summed E-state index contributed by atoms with van der Waals surface area (Å²) in [5.41, 5.74) is 3.18. The molecule has 0 N–H and O–H groups in total. The zero-order chi connectivity index (χ0) is 22.2. The Morgan fingerprint density at radius 3 is 2.61 bits per heavy atom. The molecule has 31 heavy (non-hydrogen) atoms. The monoisotopic (exact) mass is 417 g/mol. The van der Waals surface area contributed by atoms with Gasteiger partial charge < -0.3 is 9.64 Å². The van der Waals surface area contributed by atoms with Crippen molar-refractivity contribution in [3.63, 3.8) is 0 Å². The lowest BCUT2D eigenvalue weighted by molar-refractivity contribution is 0.0525. The van der Waals surface area contributed by atoms with E-state index in [0.29, 0.717) is 36.5 Å². The molecule has 0 aliphatic carbocycles. The van der Waals surface area contributed by atoms with Crippen LogP contribution < -0.4 is 0 Å². The number of ether oxygens (including phenoxy) is 1. The van der Waals surface area contributed by atoms with Gasteiger partial charge in [0.1, 0.15) is 5.56 Å². The summed E-state index contributed by atoms with van der Waals surface area (Å²) in [7, 11) is 0. The number of hydrogen-bond donors (Lipinski definition) is 0. The second-order valence-corrected chi connectivity index (χ2v) is 6.82. The molecule has 158 valence electrons. The third-order valence-electron chi connectivity index (χ3n) is 4.74. The fraction of sp³-hybridized carbons (Fsp3) is 0.261. The van der Waals surface area contributed by atoms with Crippen molar-refractivity contribution < 1.29 is 14.3 Å². The lowest BCUT2D eigenvalue weighted by Crippen LogP contribution is -2.31. The van der Waals surface area contributed by atoms with Gasteiger partial charge in [-0.1, -0.05) is 6.07 Å². The molecule has 0 spiro atoms. The summed E-state index contributed by atoms with van der Waals surface area (Å²) in [4.78, 5) is 30.8. The number of pyridine rings is 1. The average Bonchev–Trinajstić information content (AvgIpc) is 3.18. The van der Waals surface area contributed by atoms with Crippen molar-refractivity contribution in [1.82, 2.24) is 19.7 Å². The van der Waals surface area contributed by atoms with Gasteiger partial charge in [-0.15, -0.1) is 0 Å². The fourth-order valence-electron chi connectivity index (χ4n) is 3.16. The number of esters is 1. The van der Waals surface area contributed by atoms with Crippen molar-refractivity contribution in [3.05, 3.63) is 77.4 Å². The van der Waals surface area contributed by atoms with Crippen LogP contribution in [0.25, 0.3) is 5.69 Å². The molecule has 1 amide bonds. The number of nitrogens with zero attached hydrogens (tertiary/aromatic N) is 5. The molecule has 0 aliphatic rings. The maximum atomic E-state index is 13.0. The van der Waals surface area contributed by atoms with Crippen LogP contribution in [0.2, 0.25) is 0 Å². The van der Waals surface area contributed by atoms with Crippen molar-refractivity contribution >= 4 is 11.9 Å². The number of carbonyl (C=O) groups is 2. The Morgan fingerprint density at radius 1 is 1.19 bits per heavy atom. The first-order valence-corrected chi connectivity index (χ1v) is 9.92. The van der Waals surface area contributed by atoms with Crippen LogP contribution in [0.1, 0.15) is 45.3 Å². The Morgan fingerprint density at radius 2 is 1.97 bits per heavy atom. The molecule has 0 fully saturated rings. The predicted molar refractivity (Wildman–Crippen MR) is 113 cm³/mol. The zero-order valence-corrected chi connectivity index (χ0v) is 17.5. The Kier molecular flexibility index (Phi) is 7.12. The number of amides is 1. The minimum atomic E-state index is -0.415. The molecule has 0 atom stereocenters. The topological polar surface area (TPSA) is 101 Å². The molecule has 2 aromatic heterocycles. The van der Waals surface area contributed by atoms with Gasteiger partial charge in [0.15, 0.2) is 0 Å². The predicted octanol–water partition coefficient (Wildman–Crippen LogP) is 3.31. The van der Waals surface area contributed by atoms with Crippen LogP contribution >= 0.6 is 0 Å². The molecule has 3 rings (SSSR count). The van der Waals surface area contributed by atoms with Crippen molar-refractivity contribution in [3.8, 4) is 11.8 Å². The van der Waals surface area contributed by atoms with Gasteiger partial charge >= 0.3 is 5.97 Å². The summed E-state index contributed by atoms with van der Waals surface area (Å²) in [5, 5.41) is 13.2. The van der Waals surface area contributed by atoms with Crippen LogP contribution in [-0.4, -0.2) is 44.7 Å². The largest absolute Gasteiger partial charge is 0.462 e. The van der Waals surface area contributed by atoms with Crippen LogP contribution in [0.4, 0.5) is 0 Å². The number of benzene rings is 1. The maximum absolute atomic E-state index is 13.0. The van der Waals surface area contributed by atoms with Crippen LogP contribution in [-0.2, 0) is 11.3 Å². The molecule has 0 bridgehead atoms. The molecule has 0 saturated carbocycles. The maximum Gasteiger partial charge on any atom is 0.341 e. The number of hydrogen-bond acceptors (Lipinski definition) is 6. The standard InChI is InChI=1S/C23H23N5O3/c1-3-31-23(30)21-15-26-28(17(21)2)20-9-7-19(8-10-20)22(29)27(13-5-11-24)16-18-6-4-12-25-14-18/h4,6-10,12,14-15H,3,5,13,16H2,1-2H3. The smallest absolute Gasteiger partial charge is 0.341 e. The minimum absolute atomic E-state index is 0.171. The third kappa shape index (κ3) is 5.14. The Bertz CT molecular complexity index is 1080. The zero-order valence-electron chi connectivity index (χ0n) is 17.5. The van der Waals surface area contributed by atoms with Gasteiger partial charge in [-0.05, 0) is 49.7 Å². The van der Waals surface area contributed by atoms with Crippen LogP contribution in [0.15, 0.2) is 55.0 Å². The molecule has 8 heteroatoms. The van der Waals surface area contributed by atoms with E-state index in [1.165, 1.54) is 6.20 Å². The van der Waals surface area contributed by atoms with E-state index >= 15 is 0 Å². The van der Waals surface area contributed by atoms with E-state index in [4.69, 9.17) is 10.00 Å². The highest BCUT2D eigenvalue weighted by Crippen LogP contribution is 2.17. The normalized spacial score (nSPS) is 10.4. The Hall–Kier alpha value is -3.99. The Labute approximate surface area is 180 Å². The molecule has 1 aromatic carbocycles. The molecular weight excluding hydrogens is 394 g/mol. The molecule has 0 radical (unpaired) electrons. The van der Waals surface area contributed by atoms with Gasteiger partial charge in [0.05, 0.1) is 36.7 Å². The van der Waals surface area contributed by atoms with Crippen LogP contribution in [0, 0.1) is 18.3 Å². The highest BCUT2D eigenvalue weighted by molar-refractivity contribution is 5.94. The lowest BCUT2D eigenvalue weighted by atomic mass is 10.1. The van der Waals surface area contributed by atoms with Gasteiger partial charge in [-0.25, -0.2) is 9.48 Å². The minimum Gasteiger partial charge on any atom is -0.462 e. The second kappa shape index (κ2) is 10.2. The van der Waals surface area contributed by atoms with E-state index in [9.17, 15) is 9.59 Å². The van der Waals surface area contributed by atoms with Crippen LogP contribution in [0.3, 0.4) is 0 Å². The van der Waals surface area contributed by atoms with Crippen molar-refractivity contribution in [2.45, 2.75) is 26.8 Å². The Balaban J connectivity index is 1.80. The molecule has 8 nitrogen and oxygen atoms in total. The number of rotatable bonds is 8. The molecule has 0 saturated heterocycles. The summed E-state index contributed by atoms with van der Waals surface area (Å²) >= 11 is 0. The van der Waals surface area contributed by atoms with E-state index in [2.05, 4.69) is 16.2 Å². The average molecular weight is 417 g/mol. The van der Waals surface area contributed by atoms with Gasteiger partial charge in [0, 0.05) is 31.0 Å². The van der Waals surface area contributed by atoms with Gasteiger partial charge in [-0.2, -0.15) is 10.4 Å². The quantitative estimate of drug-likeness (QED) is 0.521. The highest BCUT2D eigenvalue weighted by Gasteiger charge is 2.18. The first-order chi connectivity index (χ1) is 15.0. The first-order valence-electron chi connectivity index (χ1n) is 9.92. The SMILES string of the molecule is CCOC(=O)c1cnn(-c2ccc(C(=O)N(CCC#N)Cc3cccnc3)cc2)c1C. The summed E-state index contributed by atoms with van der Waals surface area (Å²) in [5.74, 6) is -0.586. The molecule has 0 unspecified atom stereocenters. The number of aromatic nitrogens is 3. The number of nitriles is 1. The molecule has 2 heterocycles. The van der Waals surface area contributed by atoms with Crippen LogP contribution in [0.5, 0.6) is 0 Å². The van der Waals surface area contributed by atoms with Crippen molar-refractivity contribution in [1.29, 1.82) is 5.26 Å². The van der Waals surface area contributed by atoms with Gasteiger partial charge in [0.2, 0.25) is 0 Å². The van der Waals surface area contributed by atoms with E-state index < -0.39 is 5.97 Å². The van der Waals surface area contributed by atoms with E-state index in [1.54, 1.807) is 60.1 Å².